The summed E-state index contributed by atoms with van der Waals surface area (Å²) in [6.45, 7) is 2.04. The van der Waals surface area contributed by atoms with Gasteiger partial charge in [0.25, 0.3) is 0 Å². The fourth-order valence-corrected chi connectivity index (χ4v) is 7.97. The molecule has 1 saturated heterocycles. The van der Waals surface area contributed by atoms with Gasteiger partial charge in [-0.05, 0) is 56.2 Å². The Hall–Kier alpha value is -3.30. The molecule has 2 aliphatic rings. The number of fused-ring (bicyclic) bond motifs is 1. The molecule has 0 atom stereocenters. The highest BCUT2D eigenvalue weighted by molar-refractivity contribution is 7.91. The topological polar surface area (TPSA) is 114 Å². The SMILES string of the molecule is Cc1cc(COc2ccc(S(=O)(=O)CC3(CC(=O)CO)CN(C(=O)C4CCCCC4)C3)cc2)c2ccccc2n1. The summed E-state index contributed by atoms with van der Waals surface area (Å²) in [5, 5.41) is 10.4. The van der Waals surface area contributed by atoms with Crippen molar-refractivity contribution in [1.29, 1.82) is 0 Å². The molecule has 1 N–H and O–H groups in total. The van der Waals surface area contributed by atoms with Gasteiger partial charge in [0.2, 0.25) is 5.91 Å². The molecule has 0 bridgehead atoms. The first kappa shape index (κ1) is 28.2. The van der Waals surface area contributed by atoms with Crippen molar-refractivity contribution in [3.8, 4) is 5.75 Å². The van der Waals surface area contributed by atoms with E-state index in [1.54, 1.807) is 17.0 Å². The summed E-state index contributed by atoms with van der Waals surface area (Å²) in [6, 6.07) is 16.1. The fraction of sp³-hybridized carbons (Fsp3) is 0.452. The lowest BCUT2D eigenvalue weighted by molar-refractivity contribution is -0.150. The summed E-state index contributed by atoms with van der Waals surface area (Å²) in [6.07, 6.45) is 4.86. The predicted molar refractivity (Wildman–Crippen MR) is 152 cm³/mol. The smallest absolute Gasteiger partial charge is 0.225 e. The minimum Gasteiger partial charge on any atom is -0.489 e. The highest BCUT2D eigenvalue weighted by Gasteiger charge is 2.50. The van der Waals surface area contributed by atoms with Crippen LogP contribution in [0.1, 0.15) is 49.8 Å². The molecule has 0 radical (unpaired) electrons. The van der Waals surface area contributed by atoms with Crippen molar-refractivity contribution in [2.75, 3.05) is 25.4 Å². The van der Waals surface area contributed by atoms with Gasteiger partial charge in [0, 0.05) is 47.5 Å². The van der Waals surface area contributed by atoms with Crippen LogP contribution in [0.4, 0.5) is 0 Å². The van der Waals surface area contributed by atoms with E-state index >= 15 is 0 Å². The number of benzene rings is 2. The maximum absolute atomic E-state index is 13.4. The summed E-state index contributed by atoms with van der Waals surface area (Å²) in [5.41, 5.74) is 1.89. The van der Waals surface area contributed by atoms with E-state index in [1.807, 2.05) is 37.3 Å². The number of para-hydroxylation sites is 1. The molecule has 2 heterocycles. The average molecular weight is 565 g/mol. The first-order chi connectivity index (χ1) is 19.2. The number of nitrogens with zero attached hydrogens (tertiary/aromatic N) is 2. The first-order valence-corrected chi connectivity index (χ1v) is 15.6. The number of aliphatic hydroxyl groups is 1. The van der Waals surface area contributed by atoms with Crippen LogP contribution in [0.25, 0.3) is 10.9 Å². The van der Waals surface area contributed by atoms with Gasteiger partial charge in [-0.2, -0.15) is 0 Å². The summed E-state index contributed by atoms with van der Waals surface area (Å²) >= 11 is 0. The van der Waals surface area contributed by atoms with E-state index in [1.165, 1.54) is 12.1 Å². The molecule has 1 aliphatic heterocycles. The van der Waals surface area contributed by atoms with Gasteiger partial charge in [-0.15, -0.1) is 0 Å². The Kier molecular flexibility index (Phi) is 8.24. The number of ether oxygens (including phenoxy) is 1. The van der Waals surface area contributed by atoms with Gasteiger partial charge in [0.1, 0.15) is 19.0 Å². The molecule has 1 amide bonds. The third-order valence-electron chi connectivity index (χ3n) is 8.07. The van der Waals surface area contributed by atoms with Crippen molar-refractivity contribution in [2.45, 2.75) is 57.0 Å². The van der Waals surface area contributed by atoms with E-state index in [0.29, 0.717) is 12.4 Å². The molecule has 2 aromatic carbocycles. The highest BCUT2D eigenvalue weighted by atomic mass is 32.2. The van der Waals surface area contributed by atoms with E-state index in [4.69, 9.17) is 4.74 Å². The molecule has 0 unspecified atom stereocenters. The summed E-state index contributed by atoms with van der Waals surface area (Å²) < 4.78 is 32.9. The second-order valence-electron chi connectivity index (χ2n) is 11.4. The molecule has 2 fully saturated rings. The van der Waals surface area contributed by atoms with Crippen LogP contribution in [0.15, 0.2) is 59.5 Å². The van der Waals surface area contributed by atoms with Crippen LogP contribution in [0, 0.1) is 18.3 Å². The molecular formula is C31H36N2O6S. The number of hydrogen-bond donors (Lipinski definition) is 1. The van der Waals surface area contributed by atoms with Gasteiger partial charge in [-0.25, -0.2) is 8.42 Å². The summed E-state index contributed by atoms with van der Waals surface area (Å²) in [5.74, 6) is -0.0950. The maximum atomic E-state index is 13.4. The van der Waals surface area contributed by atoms with Gasteiger partial charge in [0.05, 0.1) is 16.2 Å². The number of carbonyl (C=O) groups is 2. The maximum Gasteiger partial charge on any atom is 0.225 e. The van der Waals surface area contributed by atoms with Crippen LogP contribution in [-0.2, 0) is 26.0 Å². The average Bonchev–Trinajstić information content (AvgIpc) is 2.94. The lowest BCUT2D eigenvalue weighted by atomic mass is 9.76. The predicted octanol–water partition coefficient (Wildman–Crippen LogP) is 4.26. The number of sulfone groups is 1. The van der Waals surface area contributed by atoms with Crippen molar-refractivity contribution >= 4 is 32.4 Å². The number of rotatable bonds is 10. The Morgan fingerprint density at radius 3 is 2.45 bits per heavy atom. The van der Waals surface area contributed by atoms with Crippen molar-refractivity contribution in [1.82, 2.24) is 9.88 Å². The Labute approximate surface area is 235 Å². The second kappa shape index (κ2) is 11.7. The van der Waals surface area contributed by atoms with Gasteiger partial charge >= 0.3 is 0 Å². The Morgan fingerprint density at radius 1 is 1.05 bits per heavy atom. The van der Waals surface area contributed by atoms with Gasteiger partial charge in [-0.3, -0.25) is 14.6 Å². The van der Waals surface area contributed by atoms with E-state index in [9.17, 15) is 23.1 Å². The molecule has 40 heavy (non-hydrogen) atoms. The summed E-state index contributed by atoms with van der Waals surface area (Å²) in [4.78, 5) is 31.5. The van der Waals surface area contributed by atoms with Crippen LogP contribution in [0.5, 0.6) is 5.75 Å². The molecule has 8 nitrogen and oxygen atoms in total. The van der Waals surface area contributed by atoms with E-state index in [0.717, 1.165) is 54.3 Å². The molecule has 5 rings (SSSR count). The first-order valence-electron chi connectivity index (χ1n) is 13.9. The van der Waals surface area contributed by atoms with Crippen molar-refractivity contribution in [3.63, 3.8) is 0 Å². The van der Waals surface area contributed by atoms with Crippen molar-refractivity contribution < 1.29 is 27.9 Å². The Morgan fingerprint density at radius 2 is 1.75 bits per heavy atom. The number of carbonyl (C=O) groups excluding carboxylic acids is 2. The molecule has 1 saturated carbocycles. The van der Waals surface area contributed by atoms with Crippen LogP contribution in [0.3, 0.4) is 0 Å². The van der Waals surface area contributed by atoms with E-state index in [2.05, 4.69) is 4.98 Å². The number of aromatic nitrogens is 1. The minimum atomic E-state index is -3.76. The molecule has 1 aliphatic carbocycles. The quantitative estimate of drug-likeness (QED) is 0.391. The van der Waals surface area contributed by atoms with Crippen LogP contribution in [-0.4, -0.2) is 60.5 Å². The largest absolute Gasteiger partial charge is 0.489 e. The number of hydrogen-bond acceptors (Lipinski definition) is 7. The van der Waals surface area contributed by atoms with Gasteiger partial charge in [-0.1, -0.05) is 37.5 Å². The number of Topliss-reactive ketones (excluding diaryl/α,β-unsaturated/α-hetero) is 1. The van der Waals surface area contributed by atoms with E-state index < -0.39 is 27.6 Å². The normalized spacial score (nSPS) is 17.4. The highest BCUT2D eigenvalue weighted by Crippen LogP contribution is 2.40. The zero-order valence-electron chi connectivity index (χ0n) is 22.8. The number of aliphatic hydroxyl groups excluding tert-OH is 1. The monoisotopic (exact) mass is 564 g/mol. The van der Waals surface area contributed by atoms with E-state index in [-0.39, 0.29) is 42.0 Å². The fourth-order valence-electron chi connectivity index (χ4n) is 6.16. The van der Waals surface area contributed by atoms with Crippen LogP contribution in [0.2, 0.25) is 0 Å². The lowest BCUT2D eigenvalue weighted by Crippen LogP contribution is -2.63. The minimum absolute atomic E-state index is 0.0153. The number of pyridine rings is 1. The van der Waals surface area contributed by atoms with Crippen molar-refractivity contribution in [2.24, 2.45) is 11.3 Å². The number of amides is 1. The third-order valence-corrected chi connectivity index (χ3v) is 10.1. The Bertz CT molecular complexity index is 1490. The number of likely N-dealkylation sites (tertiary alicyclic amines) is 1. The molecular weight excluding hydrogens is 528 g/mol. The molecule has 0 spiro atoms. The standard InChI is InChI=1S/C31H36N2O6S/c1-22-15-24(28-9-5-6-10-29(28)32-22)18-39-26-11-13-27(14-12-26)40(37,38)21-31(16-25(35)17-34)19-33(20-31)30(36)23-7-3-2-4-8-23/h5-6,9-15,23,34H,2-4,7-8,16-21H2,1H3. The molecule has 1 aromatic heterocycles. The zero-order chi connectivity index (χ0) is 28.3. The number of aryl methyl sites for hydroxylation is 1. The van der Waals surface area contributed by atoms with Gasteiger partial charge < -0.3 is 14.7 Å². The van der Waals surface area contributed by atoms with Crippen LogP contribution >= 0.6 is 0 Å². The third kappa shape index (κ3) is 6.20. The second-order valence-corrected chi connectivity index (χ2v) is 13.4. The lowest BCUT2D eigenvalue weighted by Gasteiger charge is -2.51. The summed E-state index contributed by atoms with van der Waals surface area (Å²) in [7, 11) is -3.76. The van der Waals surface area contributed by atoms with Crippen LogP contribution < -0.4 is 4.74 Å². The van der Waals surface area contributed by atoms with Crippen molar-refractivity contribution in [3.05, 3.63) is 65.9 Å². The molecule has 9 heteroatoms. The van der Waals surface area contributed by atoms with Gasteiger partial charge in [0.15, 0.2) is 15.6 Å². The molecule has 3 aromatic rings. The zero-order valence-corrected chi connectivity index (χ0v) is 23.7. The Balaban J connectivity index is 1.26. The number of ketones is 1. The molecule has 212 valence electrons.